The maximum Gasteiger partial charge on any atom is 0.166 e. The van der Waals surface area contributed by atoms with Crippen LogP contribution in [0.4, 0.5) is 4.39 Å². The van der Waals surface area contributed by atoms with E-state index in [4.69, 9.17) is 12.2 Å². The Morgan fingerprint density at radius 3 is 3.17 bits per heavy atom. The maximum absolute atomic E-state index is 13.3. The molecule has 0 aliphatic carbocycles. The van der Waals surface area contributed by atoms with Gasteiger partial charge in [0.25, 0.3) is 0 Å². The van der Waals surface area contributed by atoms with E-state index in [-0.39, 0.29) is 11.9 Å². The molecule has 0 saturated carbocycles. The van der Waals surface area contributed by atoms with Crippen LogP contribution in [0, 0.1) is 5.82 Å². The largest absolute Gasteiger partial charge is 0.363 e. The van der Waals surface area contributed by atoms with Gasteiger partial charge in [-0.1, -0.05) is 6.92 Å². The average Bonchev–Trinajstić information content (AvgIpc) is 2.37. The van der Waals surface area contributed by atoms with Gasteiger partial charge in [-0.05, 0) is 48.8 Å². The summed E-state index contributed by atoms with van der Waals surface area (Å²) in [5.41, 5.74) is 1.02. The van der Waals surface area contributed by atoms with E-state index >= 15 is 0 Å². The van der Waals surface area contributed by atoms with Crippen LogP contribution in [0.5, 0.6) is 0 Å². The summed E-state index contributed by atoms with van der Waals surface area (Å²) in [6.45, 7) is 2.96. The van der Waals surface area contributed by atoms with Crippen LogP contribution in [0.3, 0.4) is 0 Å². The normalized spacial score (nSPS) is 18.0. The molecule has 0 aromatic heterocycles. The number of fused-ring (bicyclic) bond motifs is 1. The lowest BCUT2D eigenvalue weighted by Crippen LogP contribution is -2.39. The number of thioether (sulfide) groups is 1. The van der Waals surface area contributed by atoms with Gasteiger partial charge in [0.15, 0.2) is 5.11 Å². The van der Waals surface area contributed by atoms with E-state index in [1.165, 1.54) is 6.07 Å². The van der Waals surface area contributed by atoms with Crippen molar-refractivity contribution in [1.82, 2.24) is 10.6 Å². The Kier molecular flexibility index (Phi) is 4.83. The van der Waals surface area contributed by atoms with Crippen molar-refractivity contribution in [1.29, 1.82) is 0 Å². The number of rotatable bonds is 3. The second kappa shape index (κ2) is 6.38. The summed E-state index contributed by atoms with van der Waals surface area (Å²) in [5, 5.41) is 7.08. The molecule has 0 radical (unpaired) electrons. The Morgan fingerprint density at radius 1 is 1.56 bits per heavy atom. The fraction of sp³-hybridized carbons (Fsp3) is 0.462. The molecule has 18 heavy (non-hydrogen) atoms. The summed E-state index contributed by atoms with van der Waals surface area (Å²) in [7, 11) is 0. The fourth-order valence-electron chi connectivity index (χ4n) is 1.96. The third-order valence-electron chi connectivity index (χ3n) is 2.85. The second-order valence-corrected chi connectivity index (χ2v) is 5.82. The van der Waals surface area contributed by atoms with Gasteiger partial charge in [0, 0.05) is 17.2 Å². The van der Waals surface area contributed by atoms with Crippen molar-refractivity contribution in [3.63, 3.8) is 0 Å². The van der Waals surface area contributed by atoms with Gasteiger partial charge in [-0.2, -0.15) is 0 Å². The number of halogens is 1. The van der Waals surface area contributed by atoms with Gasteiger partial charge in [-0.3, -0.25) is 0 Å². The van der Waals surface area contributed by atoms with Crippen molar-refractivity contribution < 1.29 is 4.39 Å². The molecular weight excluding hydrogens is 267 g/mol. The van der Waals surface area contributed by atoms with Crippen LogP contribution in [0.2, 0.25) is 0 Å². The van der Waals surface area contributed by atoms with Gasteiger partial charge in [0.2, 0.25) is 0 Å². The average molecular weight is 284 g/mol. The molecule has 0 unspecified atom stereocenters. The summed E-state index contributed by atoms with van der Waals surface area (Å²) in [5.74, 6) is 0.850. The van der Waals surface area contributed by atoms with E-state index in [9.17, 15) is 4.39 Å². The van der Waals surface area contributed by atoms with Crippen molar-refractivity contribution in [2.75, 3.05) is 12.3 Å². The molecule has 0 fully saturated rings. The lowest BCUT2D eigenvalue weighted by atomic mass is 10.0. The van der Waals surface area contributed by atoms with Crippen LogP contribution >= 0.6 is 24.0 Å². The van der Waals surface area contributed by atoms with Gasteiger partial charge >= 0.3 is 0 Å². The van der Waals surface area contributed by atoms with Crippen molar-refractivity contribution in [2.24, 2.45) is 0 Å². The van der Waals surface area contributed by atoms with Crippen LogP contribution in [0.1, 0.15) is 31.4 Å². The first-order valence-corrected chi connectivity index (χ1v) is 7.56. The fourth-order valence-corrected chi connectivity index (χ4v) is 3.31. The van der Waals surface area contributed by atoms with E-state index in [0.717, 1.165) is 35.6 Å². The van der Waals surface area contributed by atoms with Crippen LogP contribution < -0.4 is 10.6 Å². The number of benzene rings is 1. The molecule has 2 rings (SSSR count). The summed E-state index contributed by atoms with van der Waals surface area (Å²) < 4.78 is 13.3. The van der Waals surface area contributed by atoms with Crippen molar-refractivity contribution in [3.8, 4) is 0 Å². The number of thiocarbonyl (C=S) groups is 1. The number of hydrogen-bond donors (Lipinski definition) is 2. The Morgan fingerprint density at radius 2 is 2.39 bits per heavy atom. The highest BCUT2D eigenvalue weighted by Crippen LogP contribution is 2.36. The molecule has 0 bridgehead atoms. The molecule has 1 aliphatic rings. The molecule has 5 heteroatoms. The molecule has 98 valence electrons. The molecule has 1 heterocycles. The van der Waals surface area contributed by atoms with E-state index in [0.29, 0.717) is 5.11 Å². The van der Waals surface area contributed by atoms with Crippen LogP contribution in [-0.2, 0) is 0 Å². The molecule has 2 nitrogen and oxygen atoms in total. The molecule has 0 amide bonds. The molecule has 2 N–H and O–H groups in total. The molecule has 0 saturated heterocycles. The third-order valence-corrected chi connectivity index (χ3v) is 4.24. The van der Waals surface area contributed by atoms with E-state index in [1.54, 1.807) is 17.8 Å². The van der Waals surface area contributed by atoms with Crippen LogP contribution in [0.15, 0.2) is 23.1 Å². The minimum atomic E-state index is -0.185. The van der Waals surface area contributed by atoms with Crippen LogP contribution in [-0.4, -0.2) is 17.4 Å². The second-order valence-electron chi connectivity index (χ2n) is 4.27. The Bertz CT molecular complexity index is 437. The summed E-state index contributed by atoms with van der Waals surface area (Å²) in [6, 6.07) is 5.10. The van der Waals surface area contributed by atoms with Gasteiger partial charge in [0.1, 0.15) is 5.82 Å². The zero-order chi connectivity index (χ0) is 13.0. The molecule has 0 spiro atoms. The van der Waals surface area contributed by atoms with Crippen LogP contribution in [0.25, 0.3) is 0 Å². The predicted octanol–water partition coefficient (Wildman–Crippen LogP) is 3.24. The Hall–Kier alpha value is -0.810. The summed E-state index contributed by atoms with van der Waals surface area (Å²) in [6.07, 6.45) is 2.00. The van der Waals surface area contributed by atoms with Crippen molar-refractivity contribution in [2.45, 2.75) is 30.7 Å². The zero-order valence-corrected chi connectivity index (χ0v) is 12.0. The SMILES string of the molecule is CCCNC(=S)N[C@@H]1CCSc2ccc(F)cc21. The summed E-state index contributed by atoms with van der Waals surface area (Å²) >= 11 is 7.02. The highest BCUT2D eigenvalue weighted by Gasteiger charge is 2.21. The topological polar surface area (TPSA) is 24.1 Å². The number of hydrogen-bond acceptors (Lipinski definition) is 2. The standard InChI is InChI=1S/C13H17FN2S2/c1-2-6-15-13(17)16-11-5-7-18-12-4-3-9(14)8-10(11)12/h3-4,8,11H,2,5-7H2,1H3,(H2,15,16,17)/t11-/m1/s1. The highest BCUT2D eigenvalue weighted by molar-refractivity contribution is 7.99. The Labute approximate surface area is 117 Å². The highest BCUT2D eigenvalue weighted by atomic mass is 32.2. The minimum Gasteiger partial charge on any atom is -0.363 e. The van der Waals surface area contributed by atoms with E-state index in [1.807, 2.05) is 6.07 Å². The third kappa shape index (κ3) is 3.36. The van der Waals surface area contributed by atoms with Gasteiger partial charge < -0.3 is 10.6 Å². The van der Waals surface area contributed by atoms with E-state index < -0.39 is 0 Å². The van der Waals surface area contributed by atoms with Crippen molar-refractivity contribution >= 4 is 29.1 Å². The van der Waals surface area contributed by atoms with Gasteiger partial charge in [-0.15, -0.1) is 11.8 Å². The quantitative estimate of drug-likeness (QED) is 0.832. The van der Waals surface area contributed by atoms with E-state index in [2.05, 4.69) is 17.6 Å². The minimum absolute atomic E-state index is 0.119. The lowest BCUT2D eigenvalue weighted by Gasteiger charge is -2.27. The maximum atomic E-state index is 13.3. The predicted molar refractivity (Wildman–Crippen MR) is 78.5 cm³/mol. The van der Waals surface area contributed by atoms with Gasteiger partial charge in [0.05, 0.1) is 6.04 Å². The number of nitrogens with one attached hydrogen (secondary N) is 2. The molecule has 1 aromatic rings. The zero-order valence-electron chi connectivity index (χ0n) is 10.3. The first-order valence-electron chi connectivity index (χ1n) is 6.17. The lowest BCUT2D eigenvalue weighted by molar-refractivity contribution is 0.581. The van der Waals surface area contributed by atoms with Crippen molar-refractivity contribution in [3.05, 3.63) is 29.6 Å². The first kappa shape index (κ1) is 13.6. The molecular formula is C13H17FN2S2. The molecule has 1 aliphatic heterocycles. The smallest absolute Gasteiger partial charge is 0.166 e. The molecule has 1 aromatic carbocycles. The van der Waals surface area contributed by atoms with Gasteiger partial charge in [-0.25, -0.2) is 4.39 Å². The first-order chi connectivity index (χ1) is 8.70. The summed E-state index contributed by atoms with van der Waals surface area (Å²) in [4.78, 5) is 1.15. The Balaban J connectivity index is 2.07. The molecule has 1 atom stereocenters. The monoisotopic (exact) mass is 284 g/mol.